The summed E-state index contributed by atoms with van der Waals surface area (Å²) in [5, 5.41) is 6.77. The number of furan rings is 1. The first-order chi connectivity index (χ1) is 13.6. The van der Waals surface area contributed by atoms with Gasteiger partial charge >= 0.3 is 0 Å². The van der Waals surface area contributed by atoms with Crippen LogP contribution in [-0.2, 0) is 6.54 Å². The molecule has 1 saturated heterocycles. The van der Waals surface area contributed by atoms with Crippen LogP contribution in [0.2, 0.25) is 0 Å². The van der Waals surface area contributed by atoms with Gasteiger partial charge in [-0.15, -0.1) is 0 Å². The number of aryl methyl sites for hydroxylation is 1. The number of likely N-dealkylation sites (tertiary alicyclic amines) is 1. The Morgan fingerprint density at radius 1 is 1.18 bits per heavy atom. The lowest BCUT2D eigenvalue weighted by Crippen LogP contribution is -2.18. The van der Waals surface area contributed by atoms with Gasteiger partial charge in [-0.1, -0.05) is 17.3 Å². The fraction of sp³-hybridized carbons (Fsp3) is 0.333. The normalized spacial score (nSPS) is 14.4. The molecule has 1 aliphatic heterocycles. The highest BCUT2D eigenvalue weighted by Crippen LogP contribution is 2.32. The molecular formula is C21H23N3O4. The van der Waals surface area contributed by atoms with Crippen LogP contribution in [0.5, 0.6) is 5.75 Å². The summed E-state index contributed by atoms with van der Waals surface area (Å²) >= 11 is 0. The van der Waals surface area contributed by atoms with Gasteiger partial charge in [-0.3, -0.25) is 15.0 Å². The highest BCUT2D eigenvalue weighted by atomic mass is 16.5. The van der Waals surface area contributed by atoms with Crippen molar-refractivity contribution in [2.24, 2.45) is 0 Å². The van der Waals surface area contributed by atoms with Crippen molar-refractivity contribution in [1.82, 2.24) is 10.1 Å². The van der Waals surface area contributed by atoms with Crippen LogP contribution in [0.4, 0.5) is 5.88 Å². The molecule has 1 fully saturated rings. The Balaban J connectivity index is 1.49. The fourth-order valence-electron chi connectivity index (χ4n) is 3.46. The van der Waals surface area contributed by atoms with Gasteiger partial charge in [0, 0.05) is 0 Å². The third-order valence-corrected chi connectivity index (χ3v) is 4.93. The molecule has 0 radical (unpaired) electrons. The van der Waals surface area contributed by atoms with Crippen molar-refractivity contribution in [3.05, 3.63) is 53.6 Å². The molecule has 0 atom stereocenters. The standard InChI is InChI=1S/C21H23N3O4/c1-14-19(15-5-7-16(26-2)8-6-15)21(28-23-14)22-20(25)18-10-9-17(27-18)13-24-11-3-4-12-24/h5-10H,3-4,11-13H2,1-2H3,(H,22,25). The average Bonchev–Trinajstić information content (AvgIpc) is 3.45. The largest absolute Gasteiger partial charge is 0.497 e. The number of ether oxygens (including phenoxy) is 1. The van der Waals surface area contributed by atoms with Crippen molar-refractivity contribution in [2.75, 3.05) is 25.5 Å². The first-order valence-electron chi connectivity index (χ1n) is 9.37. The van der Waals surface area contributed by atoms with E-state index in [1.165, 1.54) is 12.8 Å². The predicted molar refractivity (Wildman–Crippen MR) is 104 cm³/mol. The van der Waals surface area contributed by atoms with Gasteiger partial charge in [0.25, 0.3) is 5.91 Å². The minimum Gasteiger partial charge on any atom is -0.497 e. The minimum atomic E-state index is -0.362. The topological polar surface area (TPSA) is 80.7 Å². The maximum Gasteiger partial charge on any atom is 0.293 e. The van der Waals surface area contributed by atoms with Gasteiger partial charge in [-0.05, 0) is 62.7 Å². The number of carbonyl (C=O) groups is 1. The van der Waals surface area contributed by atoms with Crippen molar-refractivity contribution in [3.63, 3.8) is 0 Å². The van der Waals surface area contributed by atoms with Gasteiger partial charge in [0.15, 0.2) is 5.76 Å². The highest BCUT2D eigenvalue weighted by Gasteiger charge is 2.21. The lowest BCUT2D eigenvalue weighted by atomic mass is 10.1. The predicted octanol–water partition coefficient (Wildman–Crippen LogP) is 4.10. The number of aromatic nitrogens is 1. The van der Waals surface area contributed by atoms with Crippen LogP contribution in [0.1, 0.15) is 34.9 Å². The summed E-state index contributed by atoms with van der Waals surface area (Å²) in [5.41, 5.74) is 2.30. The molecule has 0 aliphatic carbocycles. The number of amides is 1. The molecule has 0 spiro atoms. The second-order valence-electron chi connectivity index (χ2n) is 6.90. The van der Waals surface area contributed by atoms with Gasteiger partial charge in [0.1, 0.15) is 11.5 Å². The molecule has 1 aliphatic rings. The van der Waals surface area contributed by atoms with Crippen molar-refractivity contribution in [2.45, 2.75) is 26.3 Å². The van der Waals surface area contributed by atoms with E-state index in [4.69, 9.17) is 13.7 Å². The Bertz CT molecular complexity index is 952. The molecule has 1 N–H and O–H groups in total. The Kier molecular flexibility index (Phi) is 5.16. The third-order valence-electron chi connectivity index (χ3n) is 4.93. The van der Waals surface area contributed by atoms with Crippen LogP contribution in [0.15, 0.2) is 45.3 Å². The molecule has 7 nitrogen and oxygen atoms in total. The van der Waals surface area contributed by atoms with Crippen LogP contribution in [-0.4, -0.2) is 36.2 Å². The maximum atomic E-state index is 12.6. The van der Waals surface area contributed by atoms with Gasteiger partial charge < -0.3 is 13.7 Å². The van der Waals surface area contributed by atoms with Crippen molar-refractivity contribution in [3.8, 4) is 16.9 Å². The molecule has 0 saturated carbocycles. The van der Waals surface area contributed by atoms with Gasteiger partial charge in [0.2, 0.25) is 5.88 Å². The van der Waals surface area contributed by atoms with E-state index in [2.05, 4.69) is 15.4 Å². The number of rotatable bonds is 6. The fourth-order valence-corrected chi connectivity index (χ4v) is 3.46. The summed E-state index contributed by atoms with van der Waals surface area (Å²) in [6, 6.07) is 11.0. The molecule has 3 aromatic rings. The highest BCUT2D eigenvalue weighted by molar-refractivity contribution is 6.03. The van der Waals surface area contributed by atoms with Gasteiger partial charge in [0.05, 0.1) is 24.9 Å². The smallest absolute Gasteiger partial charge is 0.293 e. The van der Waals surface area contributed by atoms with Gasteiger partial charge in [-0.2, -0.15) is 0 Å². The summed E-state index contributed by atoms with van der Waals surface area (Å²) in [4.78, 5) is 15.0. The zero-order chi connectivity index (χ0) is 19.5. The van der Waals surface area contributed by atoms with Crippen molar-refractivity contribution >= 4 is 11.8 Å². The SMILES string of the molecule is COc1ccc(-c2c(C)noc2NC(=O)c2ccc(CN3CCCC3)o2)cc1. The molecule has 0 unspecified atom stereocenters. The van der Waals surface area contributed by atoms with E-state index in [1.807, 2.05) is 37.3 Å². The van der Waals surface area contributed by atoms with E-state index in [9.17, 15) is 4.79 Å². The van der Waals surface area contributed by atoms with E-state index in [0.717, 1.165) is 42.3 Å². The molecule has 1 amide bonds. The molecule has 0 bridgehead atoms. The van der Waals surface area contributed by atoms with Crippen molar-refractivity contribution in [1.29, 1.82) is 0 Å². The molecule has 1 aromatic carbocycles. The lowest BCUT2D eigenvalue weighted by Gasteiger charge is -2.11. The number of anilines is 1. The van der Waals surface area contributed by atoms with Crippen molar-refractivity contribution < 1.29 is 18.5 Å². The summed E-state index contributed by atoms with van der Waals surface area (Å²) in [5.74, 6) is 1.73. The molecule has 3 heterocycles. The lowest BCUT2D eigenvalue weighted by molar-refractivity contribution is 0.0990. The zero-order valence-electron chi connectivity index (χ0n) is 16.0. The number of hydrogen-bond acceptors (Lipinski definition) is 6. The Morgan fingerprint density at radius 3 is 2.64 bits per heavy atom. The van der Waals surface area contributed by atoms with Gasteiger partial charge in [-0.25, -0.2) is 0 Å². The molecule has 146 valence electrons. The van der Waals surface area contributed by atoms with E-state index < -0.39 is 0 Å². The molecule has 2 aromatic heterocycles. The van der Waals surface area contributed by atoms with Crippen LogP contribution in [0.3, 0.4) is 0 Å². The quantitative estimate of drug-likeness (QED) is 0.692. The summed E-state index contributed by atoms with van der Waals surface area (Å²) in [6.07, 6.45) is 2.43. The number of methoxy groups -OCH3 is 1. The zero-order valence-corrected chi connectivity index (χ0v) is 16.0. The average molecular weight is 381 g/mol. The number of nitrogens with one attached hydrogen (secondary N) is 1. The summed E-state index contributed by atoms with van der Waals surface area (Å²) < 4.78 is 16.3. The van der Waals surface area contributed by atoms with E-state index in [1.54, 1.807) is 13.2 Å². The van der Waals surface area contributed by atoms with Crippen LogP contribution in [0.25, 0.3) is 11.1 Å². The van der Waals surface area contributed by atoms with Crippen LogP contribution in [0, 0.1) is 6.92 Å². The maximum absolute atomic E-state index is 12.6. The molecule has 28 heavy (non-hydrogen) atoms. The van der Waals surface area contributed by atoms with Crippen LogP contribution >= 0.6 is 0 Å². The van der Waals surface area contributed by atoms with E-state index >= 15 is 0 Å². The molecule has 7 heteroatoms. The second kappa shape index (κ2) is 7.90. The number of benzene rings is 1. The van der Waals surface area contributed by atoms with E-state index in [0.29, 0.717) is 11.6 Å². The Hall–Kier alpha value is -3.06. The number of nitrogens with zero attached hydrogens (tertiary/aromatic N) is 2. The summed E-state index contributed by atoms with van der Waals surface area (Å²) in [7, 11) is 1.62. The monoisotopic (exact) mass is 381 g/mol. The molecular weight excluding hydrogens is 358 g/mol. The molecule has 4 rings (SSSR count). The summed E-state index contributed by atoms with van der Waals surface area (Å²) in [6.45, 7) is 4.71. The second-order valence-corrected chi connectivity index (χ2v) is 6.90. The first kappa shape index (κ1) is 18.3. The number of hydrogen-bond donors (Lipinski definition) is 1. The minimum absolute atomic E-state index is 0.254. The first-order valence-corrected chi connectivity index (χ1v) is 9.37. The Morgan fingerprint density at radius 2 is 1.93 bits per heavy atom. The van der Waals surface area contributed by atoms with E-state index in [-0.39, 0.29) is 11.7 Å². The third kappa shape index (κ3) is 3.80. The Labute approximate surface area is 163 Å². The van der Waals surface area contributed by atoms with Crippen LogP contribution < -0.4 is 10.1 Å². The number of carbonyl (C=O) groups excluding carboxylic acids is 1.